The Morgan fingerprint density at radius 3 is 1.94 bits per heavy atom. The topological polar surface area (TPSA) is 81.5 Å². The molecule has 0 aliphatic carbocycles. The first-order valence-electron chi connectivity index (χ1n) is 10.6. The zero-order valence-corrected chi connectivity index (χ0v) is 18.2. The first-order chi connectivity index (χ1) is 16.1. The fraction of sp³-hybridized carbons (Fsp3) is 0.148. The van der Waals surface area contributed by atoms with Crippen molar-refractivity contribution in [1.82, 2.24) is 9.97 Å². The fourth-order valence-corrected chi connectivity index (χ4v) is 3.75. The van der Waals surface area contributed by atoms with Crippen LogP contribution in [-0.4, -0.2) is 27.1 Å². The second kappa shape index (κ2) is 10.1. The number of nitrogens with zero attached hydrogens (tertiary/aromatic N) is 2. The number of carbonyl (C=O) groups is 1. The number of aliphatic carboxylic acids is 1. The van der Waals surface area contributed by atoms with E-state index in [2.05, 4.69) is 9.97 Å². The summed E-state index contributed by atoms with van der Waals surface area (Å²) in [5.41, 5.74) is 1.39. The molecule has 0 fully saturated rings. The van der Waals surface area contributed by atoms with E-state index in [4.69, 9.17) is 9.47 Å². The maximum Gasteiger partial charge on any atom is 0.348 e. The summed E-state index contributed by atoms with van der Waals surface area (Å²) in [7, 11) is 0. The smallest absolute Gasteiger partial charge is 0.348 e. The molecule has 1 heterocycles. The minimum Gasteiger partial charge on any atom is -0.478 e. The van der Waals surface area contributed by atoms with Gasteiger partial charge in [0.25, 0.3) is 0 Å². The molecule has 1 N–H and O–H groups in total. The number of hydrogen-bond acceptors (Lipinski definition) is 5. The molecule has 0 aliphatic rings. The van der Waals surface area contributed by atoms with Crippen molar-refractivity contribution in [3.8, 4) is 6.01 Å². The molecule has 0 radical (unpaired) electrons. The van der Waals surface area contributed by atoms with Crippen LogP contribution in [0.15, 0.2) is 103 Å². The first-order valence-corrected chi connectivity index (χ1v) is 10.6. The Morgan fingerprint density at radius 2 is 1.42 bits per heavy atom. The van der Waals surface area contributed by atoms with E-state index >= 15 is 0 Å². The Balaban J connectivity index is 1.89. The van der Waals surface area contributed by atoms with Crippen LogP contribution >= 0.6 is 0 Å². The van der Waals surface area contributed by atoms with Gasteiger partial charge in [-0.05, 0) is 29.7 Å². The van der Waals surface area contributed by atoms with E-state index in [9.17, 15) is 9.90 Å². The molecule has 0 bridgehead atoms. The monoisotopic (exact) mass is 440 g/mol. The van der Waals surface area contributed by atoms with Gasteiger partial charge in [0.05, 0.1) is 6.61 Å². The summed E-state index contributed by atoms with van der Waals surface area (Å²) in [6, 6.07) is 29.8. The predicted molar refractivity (Wildman–Crippen MR) is 124 cm³/mol. The van der Waals surface area contributed by atoms with Crippen LogP contribution in [-0.2, 0) is 21.7 Å². The summed E-state index contributed by atoms with van der Waals surface area (Å²) in [4.78, 5) is 21.1. The summed E-state index contributed by atoms with van der Waals surface area (Å²) in [5.74, 6) is -1.19. The maximum absolute atomic E-state index is 12.7. The number of carboxylic acids is 1. The largest absolute Gasteiger partial charge is 0.478 e. The van der Waals surface area contributed by atoms with Crippen molar-refractivity contribution in [3.05, 3.63) is 126 Å². The lowest BCUT2D eigenvalue weighted by Gasteiger charge is -2.39. The van der Waals surface area contributed by atoms with Gasteiger partial charge < -0.3 is 14.6 Å². The molecule has 0 spiro atoms. The second-order valence-corrected chi connectivity index (χ2v) is 7.56. The Labute approximate surface area is 192 Å². The lowest BCUT2D eigenvalue weighted by molar-refractivity contribution is -0.166. The lowest BCUT2D eigenvalue weighted by Crippen LogP contribution is -2.51. The molecule has 0 aliphatic heterocycles. The summed E-state index contributed by atoms with van der Waals surface area (Å²) in [6.45, 7) is 1.96. The van der Waals surface area contributed by atoms with Gasteiger partial charge >= 0.3 is 12.0 Å². The van der Waals surface area contributed by atoms with Gasteiger partial charge in [-0.3, -0.25) is 0 Å². The van der Waals surface area contributed by atoms with Crippen LogP contribution in [0.1, 0.15) is 22.4 Å². The van der Waals surface area contributed by atoms with Gasteiger partial charge in [0.2, 0.25) is 6.10 Å². The van der Waals surface area contributed by atoms with Gasteiger partial charge in [0.1, 0.15) is 0 Å². The van der Waals surface area contributed by atoms with Gasteiger partial charge in [-0.25, -0.2) is 14.8 Å². The lowest BCUT2D eigenvalue weighted by atomic mass is 9.81. The highest BCUT2D eigenvalue weighted by Crippen LogP contribution is 2.40. The second-order valence-electron chi connectivity index (χ2n) is 7.56. The normalized spacial score (nSPS) is 12.2. The molecule has 1 atom stereocenters. The van der Waals surface area contributed by atoms with E-state index in [1.165, 1.54) is 6.20 Å². The van der Waals surface area contributed by atoms with E-state index in [0.29, 0.717) is 16.8 Å². The highest BCUT2D eigenvalue weighted by molar-refractivity contribution is 5.76. The number of carboxylic acid groups (broad SMARTS) is 1. The Morgan fingerprint density at radius 1 is 0.879 bits per heavy atom. The highest BCUT2D eigenvalue weighted by atomic mass is 16.6. The standard InChI is InChI=1S/C27H24N2O4/c1-20-17-18-28-26(29-20)33-24(25(30)31)27(22-13-7-3-8-14-22,23-15-9-4-10-16-23)32-19-21-11-5-2-6-12-21/h2-18,24H,19H2,1H3,(H,30,31). The maximum atomic E-state index is 12.7. The van der Waals surface area contributed by atoms with Crippen molar-refractivity contribution in [1.29, 1.82) is 0 Å². The molecule has 6 nitrogen and oxygen atoms in total. The molecule has 6 heteroatoms. The summed E-state index contributed by atoms with van der Waals surface area (Å²) < 4.78 is 12.5. The van der Waals surface area contributed by atoms with Crippen molar-refractivity contribution >= 4 is 5.97 Å². The molecule has 4 aromatic rings. The molecule has 1 aromatic heterocycles. The van der Waals surface area contributed by atoms with Crippen molar-refractivity contribution < 1.29 is 19.4 Å². The number of rotatable bonds is 9. The number of aromatic nitrogens is 2. The third kappa shape index (κ3) is 4.91. The predicted octanol–water partition coefficient (Wildman–Crippen LogP) is 4.78. The summed E-state index contributed by atoms with van der Waals surface area (Å²) >= 11 is 0. The number of aryl methyl sites for hydroxylation is 1. The van der Waals surface area contributed by atoms with Gasteiger partial charge in [-0.15, -0.1) is 0 Å². The molecular weight excluding hydrogens is 416 g/mol. The molecule has 1 unspecified atom stereocenters. The van der Waals surface area contributed by atoms with Crippen molar-refractivity contribution in [3.63, 3.8) is 0 Å². The van der Waals surface area contributed by atoms with Gasteiger partial charge in [-0.2, -0.15) is 0 Å². The molecule has 0 amide bonds. The molecule has 0 saturated heterocycles. The van der Waals surface area contributed by atoms with E-state index in [-0.39, 0.29) is 12.6 Å². The minimum atomic E-state index is -1.47. The Bertz CT molecular complexity index is 1140. The minimum absolute atomic E-state index is 0.0260. The van der Waals surface area contributed by atoms with E-state index in [1.807, 2.05) is 91.0 Å². The number of ether oxygens (including phenoxy) is 2. The van der Waals surface area contributed by atoms with Crippen LogP contribution in [0.5, 0.6) is 6.01 Å². The van der Waals surface area contributed by atoms with Crippen LogP contribution < -0.4 is 4.74 Å². The van der Waals surface area contributed by atoms with Crippen LogP contribution in [0.25, 0.3) is 0 Å². The molecule has 0 saturated carbocycles. The van der Waals surface area contributed by atoms with Crippen LogP contribution in [0.3, 0.4) is 0 Å². The Kier molecular flexibility index (Phi) is 6.76. The van der Waals surface area contributed by atoms with Crippen LogP contribution in [0, 0.1) is 6.92 Å². The first kappa shape index (κ1) is 22.2. The zero-order valence-electron chi connectivity index (χ0n) is 18.2. The van der Waals surface area contributed by atoms with Crippen molar-refractivity contribution in [2.45, 2.75) is 25.2 Å². The molecule has 33 heavy (non-hydrogen) atoms. The third-order valence-electron chi connectivity index (χ3n) is 5.30. The molecular formula is C27H24N2O4. The molecule has 166 valence electrons. The zero-order chi connectivity index (χ0) is 23.1. The van der Waals surface area contributed by atoms with Gasteiger partial charge in [0.15, 0.2) is 5.60 Å². The van der Waals surface area contributed by atoms with Crippen molar-refractivity contribution in [2.75, 3.05) is 0 Å². The average Bonchev–Trinajstić information content (AvgIpc) is 2.85. The fourth-order valence-electron chi connectivity index (χ4n) is 3.75. The van der Waals surface area contributed by atoms with E-state index in [0.717, 1.165) is 5.56 Å². The van der Waals surface area contributed by atoms with Gasteiger partial charge in [0, 0.05) is 11.9 Å². The van der Waals surface area contributed by atoms with E-state index < -0.39 is 17.7 Å². The highest BCUT2D eigenvalue weighted by Gasteiger charge is 2.50. The SMILES string of the molecule is Cc1ccnc(OC(C(=O)O)C(OCc2ccccc2)(c2ccccc2)c2ccccc2)n1. The Hall–Kier alpha value is -4.03. The number of benzene rings is 3. The van der Waals surface area contributed by atoms with Crippen LogP contribution in [0.4, 0.5) is 0 Å². The third-order valence-corrected chi connectivity index (χ3v) is 5.30. The van der Waals surface area contributed by atoms with Crippen LogP contribution in [0.2, 0.25) is 0 Å². The summed E-state index contributed by atoms with van der Waals surface area (Å²) in [5, 5.41) is 10.4. The number of hydrogen-bond donors (Lipinski definition) is 1. The van der Waals surface area contributed by atoms with Gasteiger partial charge in [-0.1, -0.05) is 91.0 Å². The van der Waals surface area contributed by atoms with Crippen molar-refractivity contribution in [2.24, 2.45) is 0 Å². The molecule has 3 aromatic carbocycles. The molecule has 4 rings (SSSR count). The van der Waals surface area contributed by atoms with E-state index in [1.54, 1.807) is 13.0 Å². The quantitative estimate of drug-likeness (QED) is 0.403. The summed E-state index contributed by atoms with van der Waals surface area (Å²) in [6.07, 6.45) is 0.0708. The average molecular weight is 440 g/mol.